The van der Waals surface area contributed by atoms with Crippen molar-refractivity contribution in [2.24, 2.45) is 0 Å². The summed E-state index contributed by atoms with van der Waals surface area (Å²) in [7, 11) is 0. The van der Waals surface area contributed by atoms with Crippen LogP contribution in [0.2, 0.25) is 0 Å². The first-order valence-corrected chi connectivity index (χ1v) is 7.95. The van der Waals surface area contributed by atoms with Crippen molar-refractivity contribution in [2.45, 2.75) is 24.8 Å². The zero-order valence-electron chi connectivity index (χ0n) is 10.4. The van der Waals surface area contributed by atoms with Gasteiger partial charge in [0.25, 0.3) is 5.91 Å². The highest BCUT2D eigenvalue weighted by Crippen LogP contribution is 2.16. The largest absolute Gasteiger partial charge is 0.335 e. The van der Waals surface area contributed by atoms with E-state index in [1.54, 1.807) is 11.8 Å². The Morgan fingerprint density at radius 2 is 1.94 bits per heavy atom. The molecular weight excluding hydrogens is 298 g/mol. The van der Waals surface area contributed by atoms with Gasteiger partial charge in [-0.05, 0) is 44.4 Å². The highest BCUT2D eigenvalue weighted by atomic mass is 79.9. The lowest BCUT2D eigenvalue weighted by Gasteiger charge is -2.26. The SMILES string of the molecule is CSc1ccc(C(=O)N(CCBr)C(C)C)cc1. The van der Waals surface area contributed by atoms with E-state index in [-0.39, 0.29) is 11.9 Å². The van der Waals surface area contributed by atoms with E-state index in [0.717, 1.165) is 17.4 Å². The lowest BCUT2D eigenvalue weighted by Crippen LogP contribution is -2.38. The van der Waals surface area contributed by atoms with Gasteiger partial charge in [-0.1, -0.05) is 15.9 Å². The van der Waals surface area contributed by atoms with Gasteiger partial charge in [0.1, 0.15) is 0 Å². The van der Waals surface area contributed by atoms with Gasteiger partial charge in [0.05, 0.1) is 0 Å². The maximum Gasteiger partial charge on any atom is 0.254 e. The van der Waals surface area contributed by atoms with Gasteiger partial charge in [-0.3, -0.25) is 4.79 Å². The first-order valence-electron chi connectivity index (χ1n) is 5.61. The normalized spacial score (nSPS) is 10.6. The van der Waals surface area contributed by atoms with Gasteiger partial charge in [0, 0.05) is 28.4 Å². The molecule has 0 heterocycles. The Bertz CT molecular complexity index is 364. The molecule has 1 rings (SSSR count). The third-order valence-electron chi connectivity index (χ3n) is 2.55. The van der Waals surface area contributed by atoms with Gasteiger partial charge in [0.15, 0.2) is 0 Å². The van der Waals surface area contributed by atoms with Crippen molar-refractivity contribution in [3.8, 4) is 0 Å². The minimum Gasteiger partial charge on any atom is -0.335 e. The molecule has 0 aliphatic rings. The predicted molar refractivity (Wildman–Crippen MR) is 78.2 cm³/mol. The summed E-state index contributed by atoms with van der Waals surface area (Å²) in [5, 5.41) is 0.805. The van der Waals surface area contributed by atoms with Gasteiger partial charge in [-0.2, -0.15) is 0 Å². The average Bonchev–Trinajstić information content (AvgIpc) is 2.35. The number of benzene rings is 1. The zero-order chi connectivity index (χ0) is 12.8. The van der Waals surface area contributed by atoms with Crippen LogP contribution in [-0.4, -0.2) is 35.0 Å². The van der Waals surface area contributed by atoms with Crippen LogP contribution in [-0.2, 0) is 0 Å². The number of carbonyl (C=O) groups excluding carboxylic acids is 1. The van der Waals surface area contributed by atoms with Crippen molar-refractivity contribution in [3.05, 3.63) is 29.8 Å². The van der Waals surface area contributed by atoms with E-state index < -0.39 is 0 Å². The smallest absolute Gasteiger partial charge is 0.254 e. The molecule has 0 saturated heterocycles. The minimum atomic E-state index is 0.104. The van der Waals surface area contributed by atoms with E-state index in [4.69, 9.17) is 0 Å². The van der Waals surface area contributed by atoms with Gasteiger partial charge in [-0.25, -0.2) is 0 Å². The number of carbonyl (C=O) groups is 1. The number of amides is 1. The Morgan fingerprint density at radius 3 is 2.35 bits per heavy atom. The van der Waals surface area contributed by atoms with Crippen LogP contribution in [0.15, 0.2) is 29.2 Å². The Balaban J connectivity index is 2.85. The number of hydrogen-bond acceptors (Lipinski definition) is 2. The third kappa shape index (κ3) is 4.03. The fraction of sp³-hybridized carbons (Fsp3) is 0.462. The molecule has 4 heteroatoms. The summed E-state index contributed by atoms with van der Waals surface area (Å²) in [6.45, 7) is 4.81. The second-order valence-electron chi connectivity index (χ2n) is 4.01. The maximum absolute atomic E-state index is 12.3. The summed E-state index contributed by atoms with van der Waals surface area (Å²) in [5.41, 5.74) is 0.762. The Morgan fingerprint density at radius 1 is 1.35 bits per heavy atom. The third-order valence-corrected chi connectivity index (χ3v) is 3.64. The van der Waals surface area contributed by atoms with Gasteiger partial charge in [0.2, 0.25) is 0 Å². The van der Waals surface area contributed by atoms with Crippen LogP contribution in [0.25, 0.3) is 0 Å². The average molecular weight is 316 g/mol. The summed E-state index contributed by atoms with van der Waals surface area (Å²) >= 11 is 5.07. The lowest BCUT2D eigenvalue weighted by atomic mass is 10.2. The Kier molecular flexibility index (Phi) is 6.06. The maximum atomic E-state index is 12.3. The van der Waals surface area contributed by atoms with Gasteiger partial charge >= 0.3 is 0 Å². The van der Waals surface area contributed by atoms with Crippen LogP contribution in [0, 0.1) is 0 Å². The summed E-state index contributed by atoms with van der Waals surface area (Å²) in [5.74, 6) is 0.104. The molecule has 1 aromatic rings. The summed E-state index contributed by atoms with van der Waals surface area (Å²) in [4.78, 5) is 15.3. The van der Waals surface area contributed by atoms with Crippen molar-refractivity contribution < 1.29 is 4.79 Å². The molecule has 0 N–H and O–H groups in total. The number of thioether (sulfide) groups is 1. The molecule has 1 amide bonds. The molecule has 2 nitrogen and oxygen atoms in total. The lowest BCUT2D eigenvalue weighted by molar-refractivity contribution is 0.0719. The van der Waals surface area contributed by atoms with Crippen LogP contribution in [0.3, 0.4) is 0 Å². The first kappa shape index (κ1) is 14.6. The number of halogens is 1. The molecule has 17 heavy (non-hydrogen) atoms. The van der Waals surface area contributed by atoms with Crippen molar-refractivity contribution >= 4 is 33.6 Å². The highest BCUT2D eigenvalue weighted by Gasteiger charge is 2.17. The summed E-state index contributed by atoms with van der Waals surface area (Å²) in [6.07, 6.45) is 2.03. The summed E-state index contributed by atoms with van der Waals surface area (Å²) in [6, 6.07) is 8.00. The topological polar surface area (TPSA) is 20.3 Å². The molecule has 0 bridgehead atoms. The number of rotatable bonds is 5. The molecule has 0 saturated carbocycles. The minimum absolute atomic E-state index is 0.104. The van der Waals surface area contributed by atoms with Crippen LogP contribution in [0.1, 0.15) is 24.2 Å². The number of alkyl halides is 1. The molecule has 94 valence electrons. The molecule has 0 atom stereocenters. The number of nitrogens with zero attached hydrogens (tertiary/aromatic N) is 1. The first-order chi connectivity index (χ1) is 8.10. The molecule has 0 radical (unpaired) electrons. The van der Waals surface area contributed by atoms with Crippen molar-refractivity contribution in [2.75, 3.05) is 18.1 Å². The summed E-state index contributed by atoms with van der Waals surface area (Å²) < 4.78 is 0. The van der Waals surface area contributed by atoms with E-state index >= 15 is 0 Å². The van der Waals surface area contributed by atoms with E-state index in [2.05, 4.69) is 15.9 Å². The Hall–Kier alpha value is -0.480. The highest BCUT2D eigenvalue weighted by molar-refractivity contribution is 9.09. The van der Waals surface area contributed by atoms with E-state index in [1.165, 1.54) is 4.90 Å². The monoisotopic (exact) mass is 315 g/mol. The second-order valence-corrected chi connectivity index (χ2v) is 5.68. The molecule has 1 aromatic carbocycles. The Labute approximate surface area is 116 Å². The predicted octanol–water partition coefficient (Wildman–Crippen LogP) is 3.65. The molecular formula is C13H18BrNOS. The van der Waals surface area contributed by atoms with E-state index in [9.17, 15) is 4.79 Å². The van der Waals surface area contributed by atoms with Gasteiger partial charge in [-0.15, -0.1) is 11.8 Å². The van der Waals surface area contributed by atoms with Crippen LogP contribution < -0.4 is 0 Å². The molecule has 0 aliphatic heterocycles. The zero-order valence-corrected chi connectivity index (χ0v) is 12.8. The van der Waals surface area contributed by atoms with Crippen molar-refractivity contribution in [3.63, 3.8) is 0 Å². The second kappa shape index (κ2) is 7.07. The molecule has 0 fully saturated rings. The standard InChI is InChI=1S/C13H18BrNOS/c1-10(2)15(9-8-14)13(16)11-4-6-12(17-3)7-5-11/h4-7,10H,8-9H2,1-3H3. The van der Waals surface area contributed by atoms with Crippen molar-refractivity contribution in [1.82, 2.24) is 4.90 Å². The van der Waals surface area contributed by atoms with Crippen LogP contribution in [0.4, 0.5) is 0 Å². The molecule has 0 unspecified atom stereocenters. The number of hydrogen-bond donors (Lipinski definition) is 0. The molecule has 0 spiro atoms. The fourth-order valence-electron chi connectivity index (χ4n) is 1.58. The van der Waals surface area contributed by atoms with E-state index in [0.29, 0.717) is 0 Å². The van der Waals surface area contributed by atoms with Crippen molar-refractivity contribution in [1.29, 1.82) is 0 Å². The molecule has 0 aliphatic carbocycles. The quantitative estimate of drug-likeness (QED) is 0.610. The van der Waals surface area contributed by atoms with E-state index in [1.807, 2.05) is 49.3 Å². The molecule has 0 aromatic heterocycles. The van der Waals surface area contributed by atoms with Gasteiger partial charge < -0.3 is 4.90 Å². The van der Waals surface area contributed by atoms with Crippen LogP contribution in [0.5, 0.6) is 0 Å². The fourth-order valence-corrected chi connectivity index (χ4v) is 2.38. The van der Waals surface area contributed by atoms with Crippen LogP contribution >= 0.6 is 27.7 Å².